The maximum absolute atomic E-state index is 14.7. The third-order valence-electron chi connectivity index (χ3n) is 3.93. The smallest absolute Gasteiger partial charge is 0.336 e. The van der Waals surface area contributed by atoms with Gasteiger partial charge in [-0.15, -0.1) is 0 Å². The van der Waals surface area contributed by atoms with Gasteiger partial charge in [-0.05, 0) is 23.8 Å². The molecule has 0 aliphatic heterocycles. The molecule has 20 heavy (non-hydrogen) atoms. The third-order valence-corrected chi connectivity index (χ3v) is 3.93. The maximum atomic E-state index is 14.7. The highest BCUT2D eigenvalue weighted by molar-refractivity contribution is 6.02. The molecule has 5 heteroatoms. The minimum Gasteiger partial charge on any atom is -0.478 e. The van der Waals surface area contributed by atoms with E-state index in [0.29, 0.717) is 29.3 Å². The number of ether oxygens (including phenoxy) is 1. The van der Waals surface area contributed by atoms with E-state index in [1.165, 1.54) is 12.3 Å². The number of rotatable bonds is 3. The zero-order valence-corrected chi connectivity index (χ0v) is 11.0. The van der Waals surface area contributed by atoms with E-state index in [-0.39, 0.29) is 11.7 Å². The van der Waals surface area contributed by atoms with Crippen molar-refractivity contribution in [3.8, 4) is 0 Å². The average molecular weight is 275 g/mol. The van der Waals surface area contributed by atoms with Crippen molar-refractivity contribution in [3.05, 3.63) is 41.6 Å². The molecule has 0 bridgehead atoms. The van der Waals surface area contributed by atoms with Crippen molar-refractivity contribution >= 4 is 16.9 Å². The lowest BCUT2D eigenvalue weighted by Crippen LogP contribution is -2.42. The fourth-order valence-electron chi connectivity index (χ4n) is 2.68. The Hall–Kier alpha value is -2.01. The van der Waals surface area contributed by atoms with Gasteiger partial charge in [0.25, 0.3) is 0 Å². The molecule has 3 rings (SSSR count). The lowest BCUT2D eigenvalue weighted by atomic mass is 9.74. The summed E-state index contributed by atoms with van der Waals surface area (Å²) in [5.41, 5.74) is -0.239. The summed E-state index contributed by atoms with van der Waals surface area (Å²) in [4.78, 5) is 15.3. The number of methoxy groups -OCH3 is 1. The zero-order valence-electron chi connectivity index (χ0n) is 11.0. The molecule has 0 saturated heterocycles. The number of hydrogen-bond acceptors (Lipinski definition) is 3. The number of carboxylic acid groups (broad SMARTS) is 1. The minimum atomic E-state index is -1.43. The Bertz CT molecular complexity index is 680. The highest BCUT2D eigenvalue weighted by Crippen LogP contribution is 2.47. The lowest BCUT2D eigenvalue weighted by molar-refractivity contribution is -0.0821. The first kappa shape index (κ1) is 13.0. The zero-order chi connectivity index (χ0) is 14.3. The van der Waals surface area contributed by atoms with E-state index in [0.717, 1.165) is 0 Å². The first-order valence-electron chi connectivity index (χ1n) is 6.38. The summed E-state index contributed by atoms with van der Waals surface area (Å²) in [6.07, 6.45) is 1.99. The number of hydrogen-bond donors (Lipinski definition) is 1. The van der Waals surface area contributed by atoms with E-state index in [4.69, 9.17) is 4.74 Å². The van der Waals surface area contributed by atoms with Crippen molar-refractivity contribution in [2.75, 3.05) is 7.11 Å². The Balaban J connectivity index is 2.07. The van der Waals surface area contributed by atoms with Gasteiger partial charge in [0.15, 0.2) is 0 Å². The van der Waals surface area contributed by atoms with Gasteiger partial charge < -0.3 is 9.84 Å². The van der Waals surface area contributed by atoms with Crippen molar-refractivity contribution in [2.24, 2.45) is 0 Å². The lowest BCUT2D eigenvalue weighted by Gasteiger charge is -2.40. The molecule has 1 aromatic heterocycles. The van der Waals surface area contributed by atoms with Gasteiger partial charge in [-0.25, -0.2) is 9.18 Å². The Kier molecular flexibility index (Phi) is 2.94. The number of nitrogens with zero attached hydrogens (tertiary/aromatic N) is 1. The molecule has 1 fully saturated rings. The fourth-order valence-corrected chi connectivity index (χ4v) is 2.68. The van der Waals surface area contributed by atoms with E-state index in [1.807, 2.05) is 0 Å². The number of benzene rings is 1. The third kappa shape index (κ3) is 1.94. The summed E-state index contributed by atoms with van der Waals surface area (Å²) in [5, 5.41) is 9.65. The van der Waals surface area contributed by atoms with Gasteiger partial charge in [0, 0.05) is 31.5 Å². The van der Waals surface area contributed by atoms with Crippen LogP contribution in [0.3, 0.4) is 0 Å². The molecule has 0 atom stereocenters. The van der Waals surface area contributed by atoms with Gasteiger partial charge in [-0.2, -0.15) is 0 Å². The minimum absolute atomic E-state index is 0.0662. The number of alkyl halides is 1. The van der Waals surface area contributed by atoms with E-state index < -0.39 is 11.6 Å². The second-order valence-electron chi connectivity index (χ2n) is 5.13. The number of pyridine rings is 1. The molecular formula is C15H14FNO3. The summed E-state index contributed by atoms with van der Waals surface area (Å²) in [6.45, 7) is 0. The molecule has 1 aromatic carbocycles. The molecule has 1 N–H and O–H groups in total. The summed E-state index contributed by atoms with van der Waals surface area (Å²) in [7, 11) is 1.57. The van der Waals surface area contributed by atoms with Crippen molar-refractivity contribution < 1.29 is 19.0 Å². The van der Waals surface area contributed by atoms with Gasteiger partial charge in [-0.1, -0.05) is 6.07 Å². The van der Waals surface area contributed by atoms with Gasteiger partial charge >= 0.3 is 5.97 Å². The predicted octanol–water partition coefficient (Wildman–Crippen LogP) is 2.91. The fraction of sp³-hybridized carbons (Fsp3) is 0.333. The van der Waals surface area contributed by atoms with E-state index >= 15 is 0 Å². The van der Waals surface area contributed by atoms with Crippen LogP contribution < -0.4 is 0 Å². The highest BCUT2D eigenvalue weighted by atomic mass is 19.1. The van der Waals surface area contributed by atoms with Crippen LogP contribution >= 0.6 is 0 Å². The Morgan fingerprint density at radius 1 is 1.45 bits per heavy atom. The number of fused-ring (bicyclic) bond motifs is 1. The molecule has 1 aliphatic carbocycles. The molecule has 1 aliphatic rings. The van der Waals surface area contributed by atoms with Crippen molar-refractivity contribution in [1.82, 2.24) is 4.98 Å². The van der Waals surface area contributed by atoms with Crippen molar-refractivity contribution in [2.45, 2.75) is 24.6 Å². The topological polar surface area (TPSA) is 59.4 Å². The van der Waals surface area contributed by atoms with Crippen molar-refractivity contribution in [1.29, 1.82) is 0 Å². The molecule has 1 saturated carbocycles. The van der Waals surface area contributed by atoms with Crippen LogP contribution in [0.4, 0.5) is 4.39 Å². The number of carboxylic acids is 1. The van der Waals surface area contributed by atoms with Gasteiger partial charge in [0.05, 0.1) is 17.2 Å². The SMILES string of the molecule is COC1CC(F)(c2ccc3nccc(C(=O)O)c3c2)C1. The second kappa shape index (κ2) is 4.52. The summed E-state index contributed by atoms with van der Waals surface area (Å²) < 4.78 is 19.8. The molecule has 4 nitrogen and oxygen atoms in total. The van der Waals surface area contributed by atoms with Gasteiger partial charge in [-0.3, -0.25) is 4.98 Å². The first-order valence-corrected chi connectivity index (χ1v) is 6.38. The van der Waals surface area contributed by atoms with Crippen molar-refractivity contribution in [3.63, 3.8) is 0 Å². The predicted molar refractivity (Wildman–Crippen MR) is 71.5 cm³/mol. The Morgan fingerprint density at radius 2 is 2.20 bits per heavy atom. The molecule has 0 spiro atoms. The molecular weight excluding hydrogens is 261 g/mol. The highest BCUT2D eigenvalue weighted by Gasteiger charge is 2.46. The first-order chi connectivity index (χ1) is 9.53. The van der Waals surface area contributed by atoms with Crippen LogP contribution in [-0.4, -0.2) is 29.3 Å². The van der Waals surface area contributed by atoms with Crippen LogP contribution in [0.1, 0.15) is 28.8 Å². The van der Waals surface area contributed by atoms with Crippen LogP contribution in [0.5, 0.6) is 0 Å². The molecule has 1 heterocycles. The van der Waals surface area contributed by atoms with Gasteiger partial charge in [0.2, 0.25) is 0 Å². The van der Waals surface area contributed by atoms with Crippen LogP contribution in [0.2, 0.25) is 0 Å². The number of carbonyl (C=O) groups is 1. The van der Waals surface area contributed by atoms with Crippen LogP contribution in [0, 0.1) is 0 Å². The number of aromatic carboxylic acids is 1. The quantitative estimate of drug-likeness (QED) is 0.935. The summed E-state index contributed by atoms with van der Waals surface area (Å²) >= 11 is 0. The Morgan fingerprint density at radius 3 is 2.85 bits per heavy atom. The molecule has 0 radical (unpaired) electrons. The number of aromatic nitrogens is 1. The standard InChI is InChI=1S/C15H14FNO3/c1-20-10-7-15(16,8-10)9-2-3-13-12(6-9)11(14(18)19)4-5-17-13/h2-6,10H,7-8H2,1H3,(H,18,19). The molecule has 0 amide bonds. The normalized spacial score (nSPS) is 25.4. The van der Waals surface area contributed by atoms with Gasteiger partial charge in [0.1, 0.15) is 5.67 Å². The molecule has 104 valence electrons. The van der Waals surface area contributed by atoms with Crippen LogP contribution in [0.25, 0.3) is 10.9 Å². The van der Waals surface area contributed by atoms with E-state index in [1.54, 1.807) is 25.3 Å². The van der Waals surface area contributed by atoms with E-state index in [9.17, 15) is 14.3 Å². The number of halogens is 1. The molecule has 0 unspecified atom stereocenters. The maximum Gasteiger partial charge on any atom is 0.336 e. The second-order valence-corrected chi connectivity index (χ2v) is 5.13. The monoisotopic (exact) mass is 275 g/mol. The van der Waals surface area contributed by atoms with Crippen LogP contribution in [-0.2, 0) is 10.4 Å². The molecule has 2 aromatic rings. The Labute approximate surface area is 115 Å². The largest absolute Gasteiger partial charge is 0.478 e. The van der Waals surface area contributed by atoms with E-state index in [2.05, 4.69) is 4.98 Å². The summed E-state index contributed by atoms with van der Waals surface area (Å²) in [5.74, 6) is -1.04. The van der Waals surface area contributed by atoms with Crippen LogP contribution in [0.15, 0.2) is 30.5 Å². The summed E-state index contributed by atoms with van der Waals surface area (Å²) in [6, 6.07) is 6.36. The average Bonchev–Trinajstić information content (AvgIpc) is 2.42.